The first-order chi connectivity index (χ1) is 9.27. The zero-order valence-corrected chi connectivity index (χ0v) is 12.9. The van der Waals surface area contributed by atoms with Crippen molar-refractivity contribution in [2.45, 2.75) is 65.2 Å². The maximum absolute atomic E-state index is 12.1. The van der Waals surface area contributed by atoms with Gasteiger partial charge < -0.3 is 10.2 Å². The van der Waals surface area contributed by atoms with Gasteiger partial charge in [-0.15, -0.1) is 0 Å². The van der Waals surface area contributed by atoms with E-state index in [4.69, 9.17) is 0 Å². The Hall–Kier alpha value is -0.570. The Bertz CT molecular complexity index is 243. The molecule has 1 fully saturated rings. The highest BCUT2D eigenvalue weighted by Gasteiger charge is 2.24. The van der Waals surface area contributed by atoms with E-state index in [1.165, 1.54) is 45.1 Å². The molecule has 0 aromatic heterocycles. The minimum atomic E-state index is 0.233. The van der Waals surface area contributed by atoms with Gasteiger partial charge in [0.15, 0.2) is 0 Å². The summed E-state index contributed by atoms with van der Waals surface area (Å²) in [5.41, 5.74) is 0. The number of nitrogens with one attached hydrogen (secondary N) is 1. The van der Waals surface area contributed by atoms with E-state index in [0.29, 0.717) is 0 Å². The third kappa shape index (κ3) is 6.95. The summed E-state index contributed by atoms with van der Waals surface area (Å²) in [5, 5.41) is 3.12. The quantitative estimate of drug-likeness (QED) is 0.651. The molecule has 0 aliphatic carbocycles. The van der Waals surface area contributed by atoms with Gasteiger partial charge >= 0.3 is 0 Å². The minimum absolute atomic E-state index is 0.233. The third-order valence-electron chi connectivity index (χ3n) is 4.03. The van der Waals surface area contributed by atoms with Crippen LogP contribution in [-0.2, 0) is 4.79 Å². The lowest BCUT2D eigenvalue weighted by Gasteiger charge is -2.31. The van der Waals surface area contributed by atoms with Gasteiger partial charge in [0.2, 0.25) is 5.91 Å². The number of rotatable bonds is 9. The van der Waals surface area contributed by atoms with Gasteiger partial charge in [-0.2, -0.15) is 0 Å². The van der Waals surface area contributed by atoms with Gasteiger partial charge in [0, 0.05) is 13.1 Å². The Morgan fingerprint density at radius 2 is 1.95 bits per heavy atom. The molecule has 0 bridgehead atoms. The Labute approximate surface area is 119 Å². The minimum Gasteiger partial charge on any atom is -0.356 e. The molecule has 1 aliphatic heterocycles. The van der Waals surface area contributed by atoms with E-state index in [1.807, 2.05) is 0 Å². The second-order valence-corrected chi connectivity index (χ2v) is 5.85. The van der Waals surface area contributed by atoms with Crippen molar-refractivity contribution < 1.29 is 4.79 Å². The van der Waals surface area contributed by atoms with Crippen molar-refractivity contribution in [1.82, 2.24) is 10.2 Å². The average molecular weight is 268 g/mol. The highest BCUT2D eigenvalue weighted by molar-refractivity contribution is 5.78. The third-order valence-corrected chi connectivity index (χ3v) is 4.03. The van der Waals surface area contributed by atoms with Crippen LogP contribution in [0.25, 0.3) is 0 Å². The summed E-state index contributed by atoms with van der Waals surface area (Å²) in [6.07, 6.45) is 9.65. The van der Waals surface area contributed by atoms with Crippen LogP contribution in [0.15, 0.2) is 0 Å². The van der Waals surface area contributed by atoms with Gasteiger partial charge in [-0.3, -0.25) is 4.79 Å². The Morgan fingerprint density at radius 1 is 1.16 bits per heavy atom. The molecule has 1 saturated heterocycles. The number of nitrogens with zero attached hydrogens (tertiary/aromatic N) is 1. The van der Waals surface area contributed by atoms with Gasteiger partial charge in [0.1, 0.15) is 0 Å². The zero-order valence-electron chi connectivity index (χ0n) is 12.9. The fourth-order valence-corrected chi connectivity index (χ4v) is 2.76. The van der Waals surface area contributed by atoms with Crippen molar-refractivity contribution in [3.05, 3.63) is 0 Å². The predicted octanol–water partition coefficient (Wildman–Crippen LogP) is 3.20. The second-order valence-electron chi connectivity index (χ2n) is 5.85. The van der Waals surface area contributed by atoms with Crippen molar-refractivity contribution in [2.24, 2.45) is 5.92 Å². The molecule has 112 valence electrons. The average Bonchev–Trinajstić information content (AvgIpc) is 2.45. The van der Waals surface area contributed by atoms with Crippen LogP contribution in [0, 0.1) is 5.92 Å². The number of hydrogen-bond acceptors (Lipinski definition) is 2. The van der Waals surface area contributed by atoms with E-state index in [2.05, 4.69) is 24.1 Å². The van der Waals surface area contributed by atoms with Crippen LogP contribution >= 0.6 is 0 Å². The molecule has 3 heteroatoms. The number of carbonyl (C=O) groups excluding carboxylic acids is 1. The molecule has 0 spiro atoms. The molecule has 1 rings (SSSR count). The number of unbranched alkanes of at least 4 members (excludes halogenated alkanes) is 4. The fraction of sp³-hybridized carbons (Fsp3) is 0.938. The molecule has 0 saturated carbocycles. The van der Waals surface area contributed by atoms with E-state index in [-0.39, 0.29) is 11.8 Å². The summed E-state index contributed by atoms with van der Waals surface area (Å²) in [6, 6.07) is 0. The van der Waals surface area contributed by atoms with Gasteiger partial charge in [-0.1, -0.05) is 39.5 Å². The first-order valence-electron chi connectivity index (χ1n) is 8.28. The predicted molar refractivity (Wildman–Crippen MR) is 81.2 cm³/mol. The molecular weight excluding hydrogens is 236 g/mol. The number of piperidine rings is 1. The molecule has 3 nitrogen and oxygen atoms in total. The molecule has 1 aliphatic rings. The molecule has 19 heavy (non-hydrogen) atoms. The van der Waals surface area contributed by atoms with Crippen LogP contribution in [0.4, 0.5) is 0 Å². The smallest absolute Gasteiger partial charge is 0.224 e. The van der Waals surface area contributed by atoms with E-state index < -0.39 is 0 Å². The summed E-state index contributed by atoms with van der Waals surface area (Å²) in [4.78, 5) is 14.6. The molecule has 0 radical (unpaired) electrons. The van der Waals surface area contributed by atoms with E-state index in [9.17, 15) is 4.79 Å². The monoisotopic (exact) mass is 268 g/mol. The molecule has 1 unspecified atom stereocenters. The van der Waals surface area contributed by atoms with E-state index in [1.54, 1.807) is 0 Å². The molecule has 1 heterocycles. The SMILES string of the molecule is CCCCCCNC(=O)C1CCCN(CCCC)C1. The topological polar surface area (TPSA) is 32.3 Å². The molecule has 0 aromatic carbocycles. The number of amides is 1. The van der Waals surface area contributed by atoms with Gasteiger partial charge in [0.05, 0.1) is 5.92 Å². The summed E-state index contributed by atoms with van der Waals surface area (Å²) in [5.74, 6) is 0.523. The maximum atomic E-state index is 12.1. The Morgan fingerprint density at radius 3 is 2.68 bits per heavy atom. The van der Waals surface area contributed by atoms with E-state index >= 15 is 0 Å². The standard InChI is InChI=1S/C16H32N2O/c1-3-5-7-8-11-17-16(19)15-10-9-13-18(14-15)12-6-4-2/h15H,3-14H2,1-2H3,(H,17,19). The molecular formula is C16H32N2O. The maximum Gasteiger partial charge on any atom is 0.224 e. The highest BCUT2D eigenvalue weighted by Crippen LogP contribution is 2.17. The van der Waals surface area contributed by atoms with Crippen molar-refractivity contribution >= 4 is 5.91 Å². The largest absolute Gasteiger partial charge is 0.356 e. The number of likely N-dealkylation sites (tertiary alicyclic amines) is 1. The van der Waals surface area contributed by atoms with Crippen LogP contribution < -0.4 is 5.32 Å². The lowest BCUT2D eigenvalue weighted by molar-refractivity contribution is -0.126. The Kier molecular flexibility index (Phi) is 8.89. The molecule has 1 amide bonds. The Balaban J connectivity index is 2.16. The zero-order chi connectivity index (χ0) is 13.9. The van der Waals surface area contributed by atoms with Crippen molar-refractivity contribution in [3.63, 3.8) is 0 Å². The van der Waals surface area contributed by atoms with Crippen LogP contribution in [0.5, 0.6) is 0 Å². The van der Waals surface area contributed by atoms with E-state index in [0.717, 1.165) is 32.5 Å². The normalized spacial score (nSPS) is 20.4. The van der Waals surface area contributed by atoms with Crippen LogP contribution in [0.2, 0.25) is 0 Å². The number of hydrogen-bond donors (Lipinski definition) is 1. The van der Waals surface area contributed by atoms with Gasteiger partial charge in [-0.05, 0) is 38.8 Å². The van der Waals surface area contributed by atoms with Crippen LogP contribution in [0.1, 0.15) is 65.2 Å². The van der Waals surface area contributed by atoms with Crippen LogP contribution in [-0.4, -0.2) is 37.0 Å². The van der Waals surface area contributed by atoms with Crippen LogP contribution in [0.3, 0.4) is 0 Å². The van der Waals surface area contributed by atoms with Crippen molar-refractivity contribution in [1.29, 1.82) is 0 Å². The lowest BCUT2D eigenvalue weighted by atomic mass is 9.97. The molecule has 1 atom stereocenters. The highest BCUT2D eigenvalue weighted by atomic mass is 16.1. The first-order valence-corrected chi connectivity index (χ1v) is 8.28. The van der Waals surface area contributed by atoms with Crippen molar-refractivity contribution in [2.75, 3.05) is 26.2 Å². The van der Waals surface area contributed by atoms with Crippen molar-refractivity contribution in [3.8, 4) is 0 Å². The summed E-state index contributed by atoms with van der Waals surface area (Å²) >= 11 is 0. The molecule has 1 N–H and O–H groups in total. The molecule has 0 aromatic rings. The summed E-state index contributed by atoms with van der Waals surface area (Å²) < 4.78 is 0. The summed E-state index contributed by atoms with van der Waals surface area (Å²) in [6.45, 7) is 8.62. The first kappa shape index (κ1) is 16.5. The second kappa shape index (κ2) is 10.2. The number of carbonyl (C=O) groups is 1. The van der Waals surface area contributed by atoms with Gasteiger partial charge in [0.25, 0.3) is 0 Å². The van der Waals surface area contributed by atoms with Gasteiger partial charge in [-0.25, -0.2) is 0 Å². The lowest BCUT2D eigenvalue weighted by Crippen LogP contribution is -2.43. The fourth-order valence-electron chi connectivity index (χ4n) is 2.76. The summed E-state index contributed by atoms with van der Waals surface area (Å²) in [7, 11) is 0.